The van der Waals surface area contributed by atoms with E-state index < -0.39 is 5.41 Å². The van der Waals surface area contributed by atoms with Crippen LogP contribution in [0.25, 0.3) is 0 Å². The zero-order valence-corrected chi connectivity index (χ0v) is 16.5. The van der Waals surface area contributed by atoms with Gasteiger partial charge in [-0.1, -0.05) is 57.3 Å². The molecule has 2 amide bonds. The Morgan fingerprint density at radius 2 is 1.40 bits per heavy atom. The maximum atomic E-state index is 12.6. The topological polar surface area (TPSA) is 58.2 Å². The van der Waals surface area contributed by atoms with Crippen LogP contribution in [0.15, 0.2) is 24.8 Å². The van der Waals surface area contributed by atoms with E-state index in [1.165, 1.54) is 32.1 Å². The molecule has 0 aromatic carbocycles. The van der Waals surface area contributed by atoms with Gasteiger partial charge in [0.05, 0.1) is 0 Å². The first-order valence-corrected chi connectivity index (χ1v) is 9.91. The molecule has 4 nitrogen and oxygen atoms in total. The van der Waals surface area contributed by atoms with Crippen LogP contribution in [-0.2, 0) is 9.59 Å². The minimum absolute atomic E-state index is 0.218. The molecule has 0 aromatic heterocycles. The molecule has 144 valence electrons. The molecule has 0 aliphatic carbocycles. The van der Waals surface area contributed by atoms with Gasteiger partial charge in [0.2, 0.25) is 11.8 Å². The molecule has 0 atom stereocenters. The lowest BCUT2D eigenvalue weighted by Crippen LogP contribution is -2.51. The third-order valence-corrected chi connectivity index (χ3v) is 4.39. The lowest BCUT2D eigenvalue weighted by Gasteiger charge is -2.29. The first-order chi connectivity index (χ1) is 12.1. The van der Waals surface area contributed by atoms with Gasteiger partial charge in [-0.05, 0) is 39.5 Å². The number of unbranched alkanes of at least 4 members (excludes halogenated alkanes) is 6. The zero-order valence-electron chi connectivity index (χ0n) is 16.5. The highest BCUT2D eigenvalue weighted by molar-refractivity contribution is 6.05. The van der Waals surface area contributed by atoms with Crippen molar-refractivity contribution in [1.82, 2.24) is 10.6 Å². The van der Waals surface area contributed by atoms with E-state index in [4.69, 9.17) is 0 Å². The fraction of sp³-hybridized carbons (Fsp3) is 0.714. The Morgan fingerprint density at radius 1 is 0.840 bits per heavy atom. The molecule has 0 aromatic rings. The van der Waals surface area contributed by atoms with E-state index in [1.54, 1.807) is 6.08 Å². The summed E-state index contributed by atoms with van der Waals surface area (Å²) in [6.07, 6.45) is 15.1. The highest BCUT2D eigenvalue weighted by atomic mass is 16.2. The number of hydrogen-bond donors (Lipinski definition) is 2. The molecule has 0 unspecified atom stereocenters. The van der Waals surface area contributed by atoms with Crippen molar-refractivity contribution in [2.75, 3.05) is 13.1 Å². The number of rotatable bonds is 15. The van der Waals surface area contributed by atoms with E-state index >= 15 is 0 Å². The number of carbonyl (C=O) groups excluding carboxylic acids is 2. The Balaban J connectivity index is 4.70. The minimum Gasteiger partial charge on any atom is -0.355 e. The average molecular weight is 351 g/mol. The van der Waals surface area contributed by atoms with Crippen molar-refractivity contribution in [3.8, 4) is 0 Å². The van der Waals surface area contributed by atoms with E-state index in [2.05, 4.69) is 30.2 Å². The molecule has 2 N–H and O–H groups in total. The molecular weight excluding hydrogens is 312 g/mol. The van der Waals surface area contributed by atoms with Crippen molar-refractivity contribution in [3.63, 3.8) is 0 Å². The Labute approximate surface area is 154 Å². The number of carbonyl (C=O) groups is 2. The van der Waals surface area contributed by atoms with Gasteiger partial charge in [-0.15, -0.1) is 6.58 Å². The van der Waals surface area contributed by atoms with E-state index in [0.29, 0.717) is 25.9 Å². The van der Waals surface area contributed by atoms with Gasteiger partial charge >= 0.3 is 0 Å². The van der Waals surface area contributed by atoms with Crippen LogP contribution in [0.2, 0.25) is 0 Å². The normalized spacial score (nSPS) is 11.5. The second kappa shape index (κ2) is 14.7. The summed E-state index contributed by atoms with van der Waals surface area (Å²) in [5.41, 5.74) is -1.09. The number of hydrogen-bond acceptors (Lipinski definition) is 2. The van der Waals surface area contributed by atoms with Crippen LogP contribution in [-0.4, -0.2) is 24.9 Å². The molecular formula is C21H38N2O2. The van der Waals surface area contributed by atoms with Crippen molar-refractivity contribution in [1.29, 1.82) is 0 Å². The lowest BCUT2D eigenvalue weighted by atomic mass is 9.78. The van der Waals surface area contributed by atoms with Gasteiger partial charge in [-0.3, -0.25) is 9.59 Å². The Morgan fingerprint density at radius 3 is 1.92 bits per heavy atom. The van der Waals surface area contributed by atoms with E-state index in [9.17, 15) is 9.59 Å². The minimum atomic E-state index is -1.09. The predicted molar refractivity (Wildman–Crippen MR) is 106 cm³/mol. The fourth-order valence-corrected chi connectivity index (χ4v) is 2.91. The SMILES string of the molecule is C=CCC(C/C=C/CCCCCCCC)(C(=O)NCC)C(=O)NCC. The second-order valence-electron chi connectivity index (χ2n) is 6.53. The molecule has 0 spiro atoms. The maximum Gasteiger partial charge on any atom is 0.236 e. The van der Waals surface area contributed by atoms with Gasteiger partial charge in [0.25, 0.3) is 0 Å². The van der Waals surface area contributed by atoms with Gasteiger partial charge in [0.1, 0.15) is 5.41 Å². The molecule has 0 saturated carbocycles. The van der Waals surface area contributed by atoms with E-state index in [-0.39, 0.29) is 11.8 Å². The summed E-state index contributed by atoms with van der Waals surface area (Å²) in [4.78, 5) is 25.2. The highest BCUT2D eigenvalue weighted by Gasteiger charge is 2.43. The molecule has 0 radical (unpaired) electrons. The Bertz CT molecular complexity index is 398. The van der Waals surface area contributed by atoms with Gasteiger partial charge in [-0.25, -0.2) is 0 Å². The number of allylic oxidation sites excluding steroid dienone is 3. The molecule has 0 rings (SSSR count). The predicted octanol–water partition coefficient (Wildman–Crippen LogP) is 4.52. The first kappa shape index (κ1) is 23.4. The summed E-state index contributed by atoms with van der Waals surface area (Å²) in [7, 11) is 0. The van der Waals surface area contributed by atoms with Crippen LogP contribution < -0.4 is 10.6 Å². The summed E-state index contributed by atoms with van der Waals surface area (Å²) in [5.74, 6) is -0.435. The second-order valence-corrected chi connectivity index (χ2v) is 6.53. The summed E-state index contributed by atoms with van der Waals surface area (Å²) in [5, 5.41) is 5.62. The van der Waals surface area contributed by atoms with Crippen LogP contribution in [0.5, 0.6) is 0 Å². The number of amides is 2. The largest absolute Gasteiger partial charge is 0.355 e. The summed E-state index contributed by atoms with van der Waals surface area (Å²) >= 11 is 0. The molecule has 4 heteroatoms. The third-order valence-electron chi connectivity index (χ3n) is 4.39. The molecule has 25 heavy (non-hydrogen) atoms. The van der Waals surface area contributed by atoms with Crippen LogP contribution >= 0.6 is 0 Å². The Kier molecular flexibility index (Phi) is 13.8. The molecule has 0 bridgehead atoms. The van der Waals surface area contributed by atoms with Crippen LogP contribution in [0.4, 0.5) is 0 Å². The first-order valence-electron chi connectivity index (χ1n) is 9.91. The summed E-state index contributed by atoms with van der Waals surface area (Å²) < 4.78 is 0. The third kappa shape index (κ3) is 8.89. The molecule has 0 fully saturated rings. The van der Waals surface area contributed by atoms with Gasteiger partial charge < -0.3 is 10.6 Å². The van der Waals surface area contributed by atoms with E-state index in [1.807, 2.05) is 19.9 Å². The van der Waals surface area contributed by atoms with Gasteiger partial charge in [0.15, 0.2) is 0 Å². The van der Waals surface area contributed by atoms with Gasteiger partial charge in [-0.2, -0.15) is 0 Å². The van der Waals surface area contributed by atoms with Gasteiger partial charge in [0, 0.05) is 13.1 Å². The monoisotopic (exact) mass is 350 g/mol. The lowest BCUT2D eigenvalue weighted by molar-refractivity contribution is -0.143. The zero-order chi connectivity index (χ0) is 19.0. The average Bonchev–Trinajstić information content (AvgIpc) is 2.59. The Hall–Kier alpha value is -1.58. The van der Waals surface area contributed by atoms with Crippen molar-refractivity contribution < 1.29 is 9.59 Å². The standard InChI is InChI=1S/C21H38N2O2/c1-5-9-10-11-12-13-14-15-16-18-21(17-6-2,19(24)22-7-3)20(25)23-8-4/h6,15-16H,2,5,7-14,17-18H2,1,3-4H3,(H,22,24)(H,23,25)/b16-15+. The molecule has 0 saturated heterocycles. The summed E-state index contributed by atoms with van der Waals surface area (Å²) in [6, 6.07) is 0. The summed E-state index contributed by atoms with van der Waals surface area (Å²) in [6.45, 7) is 10.7. The molecule has 0 heterocycles. The van der Waals surface area contributed by atoms with Crippen molar-refractivity contribution in [2.24, 2.45) is 5.41 Å². The van der Waals surface area contributed by atoms with E-state index in [0.717, 1.165) is 12.8 Å². The highest BCUT2D eigenvalue weighted by Crippen LogP contribution is 2.29. The maximum absolute atomic E-state index is 12.6. The smallest absolute Gasteiger partial charge is 0.236 e. The van der Waals surface area contributed by atoms with Crippen LogP contribution in [0.3, 0.4) is 0 Å². The quantitative estimate of drug-likeness (QED) is 0.259. The van der Waals surface area contributed by atoms with Crippen LogP contribution in [0, 0.1) is 5.41 Å². The van der Waals surface area contributed by atoms with Crippen molar-refractivity contribution >= 4 is 11.8 Å². The fourth-order valence-electron chi connectivity index (χ4n) is 2.91. The molecule has 0 aliphatic heterocycles. The molecule has 0 aliphatic rings. The number of nitrogens with one attached hydrogen (secondary N) is 2. The van der Waals surface area contributed by atoms with Crippen molar-refractivity contribution in [2.45, 2.75) is 78.6 Å². The van der Waals surface area contributed by atoms with Crippen molar-refractivity contribution in [3.05, 3.63) is 24.8 Å². The van der Waals surface area contributed by atoms with Crippen LogP contribution in [0.1, 0.15) is 78.6 Å².